The van der Waals surface area contributed by atoms with Gasteiger partial charge in [-0.25, -0.2) is 5.84 Å². The average molecular weight is 361 g/mol. The van der Waals surface area contributed by atoms with Crippen molar-refractivity contribution in [2.45, 2.75) is 18.9 Å². The summed E-state index contributed by atoms with van der Waals surface area (Å²) in [5.41, 5.74) is 7.70. The molecule has 8 nitrogen and oxygen atoms in total. The van der Waals surface area contributed by atoms with Crippen molar-refractivity contribution in [2.24, 2.45) is 22.5 Å². The number of anilines is 1. The van der Waals surface area contributed by atoms with E-state index in [0.717, 1.165) is 5.69 Å². The lowest BCUT2D eigenvalue weighted by Gasteiger charge is -2.18. The Labute approximate surface area is 148 Å². The van der Waals surface area contributed by atoms with Gasteiger partial charge < -0.3 is 16.1 Å². The number of benzene rings is 1. The first-order chi connectivity index (χ1) is 11.9. The minimum absolute atomic E-state index is 0.296. The number of hydrazone groups is 1. The van der Waals surface area contributed by atoms with E-state index >= 15 is 0 Å². The Morgan fingerprint density at radius 2 is 2.12 bits per heavy atom. The summed E-state index contributed by atoms with van der Waals surface area (Å²) in [5.74, 6) is 10.6. The Morgan fingerprint density at radius 3 is 2.80 bits per heavy atom. The third-order valence-electron chi connectivity index (χ3n) is 4.20. The van der Waals surface area contributed by atoms with E-state index in [-0.39, 0.29) is 5.56 Å². The number of fused-ring (bicyclic) bond motifs is 1. The summed E-state index contributed by atoms with van der Waals surface area (Å²) in [7, 11) is 0. The number of carbonyl (C=O) groups excluding carboxylic acids is 1. The molecule has 1 aliphatic heterocycles. The first-order valence-electron chi connectivity index (χ1n) is 7.54. The Bertz CT molecular complexity index is 923. The number of hydrogen-bond acceptors (Lipinski definition) is 5. The summed E-state index contributed by atoms with van der Waals surface area (Å²) in [6.07, 6.45) is 2.35. The molecule has 130 valence electrons. The smallest absolute Gasteiger partial charge is 0.252 e. The van der Waals surface area contributed by atoms with E-state index in [1.807, 2.05) is 6.07 Å². The molecule has 1 aromatic carbocycles. The van der Waals surface area contributed by atoms with Gasteiger partial charge in [0.2, 0.25) is 5.91 Å². The van der Waals surface area contributed by atoms with Crippen molar-refractivity contribution in [1.29, 1.82) is 0 Å². The number of primary amides is 1. The highest BCUT2D eigenvalue weighted by atomic mass is 35.5. The number of aromatic nitrogens is 1. The molecule has 1 atom stereocenters. The van der Waals surface area contributed by atoms with Crippen molar-refractivity contribution >= 4 is 29.5 Å². The van der Waals surface area contributed by atoms with Gasteiger partial charge in [-0.05, 0) is 42.7 Å². The molecule has 0 saturated heterocycles. The van der Waals surface area contributed by atoms with E-state index in [1.54, 1.807) is 18.2 Å². The minimum atomic E-state index is -0.606. The Kier molecular flexibility index (Phi) is 4.47. The summed E-state index contributed by atoms with van der Waals surface area (Å²) in [6, 6.07) is 7.75. The molecule has 0 bridgehead atoms. The molecular formula is C16H17ClN6O2. The van der Waals surface area contributed by atoms with Crippen LogP contribution in [0.25, 0.3) is 11.1 Å². The van der Waals surface area contributed by atoms with Crippen LogP contribution in [0, 0.1) is 0 Å². The van der Waals surface area contributed by atoms with Crippen molar-refractivity contribution in [1.82, 2.24) is 4.57 Å². The number of rotatable bonds is 4. The second-order valence-electron chi connectivity index (χ2n) is 5.73. The molecule has 0 radical (unpaired) electrons. The van der Waals surface area contributed by atoms with Crippen molar-refractivity contribution in [3.8, 4) is 11.1 Å². The van der Waals surface area contributed by atoms with Gasteiger partial charge in [0.25, 0.3) is 5.56 Å². The molecule has 25 heavy (non-hydrogen) atoms. The zero-order valence-corrected chi connectivity index (χ0v) is 14.0. The number of amides is 1. The van der Waals surface area contributed by atoms with Gasteiger partial charge in [-0.3, -0.25) is 14.6 Å². The molecule has 3 rings (SSSR count). The fraction of sp³-hybridized carbons (Fsp3) is 0.188. The van der Waals surface area contributed by atoms with Gasteiger partial charge in [-0.2, -0.15) is 5.10 Å². The predicted molar refractivity (Wildman–Crippen MR) is 97.0 cm³/mol. The zero-order chi connectivity index (χ0) is 18.1. The number of hydrogen-bond donors (Lipinski definition) is 3. The van der Waals surface area contributed by atoms with Crippen molar-refractivity contribution in [3.05, 3.63) is 51.4 Å². The molecule has 1 unspecified atom stereocenters. The number of halogens is 1. The number of hydrazine groups is 1. The SMILES string of the molecule is N/N=C\N(N)c1ccc(Cl)cc1-c1cc2n(c(=O)c1)C(C(N)=O)CC2. The molecule has 6 N–H and O–H groups in total. The molecule has 0 aliphatic carbocycles. The maximum Gasteiger partial charge on any atom is 0.252 e. The van der Waals surface area contributed by atoms with Crippen LogP contribution in [0.5, 0.6) is 0 Å². The van der Waals surface area contributed by atoms with Crippen LogP contribution in [-0.2, 0) is 11.2 Å². The lowest BCUT2D eigenvalue weighted by molar-refractivity contribution is -0.121. The van der Waals surface area contributed by atoms with Crippen LogP contribution in [0.1, 0.15) is 18.2 Å². The highest BCUT2D eigenvalue weighted by molar-refractivity contribution is 6.31. The highest BCUT2D eigenvalue weighted by Crippen LogP contribution is 2.34. The Hall–Kier alpha value is -2.84. The van der Waals surface area contributed by atoms with E-state index in [2.05, 4.69) is 5.10 Å². The predicted octanol–water partition coefficient (Wildman–Crippen LogP) is 0.723. The van der Waals surface area contributed by atoms with Crippen molar-refractivity contribution < 1.29 is 4.79 Å². The number of nitrogens with zero attached hydrogens (tertiary/aromatic N) is 3. The summed E-state index contributed by atoms with van der Waals surface area (Å²) in [4.78, 5) is 24.1. The molecule has 2 heterocycles. The quantitative estimate of drug-likeness (QED) is 0.320. The van der Waals surface area contributed by atoms with Crippen molar-refractivity contribution in [3.63, 3.8) is 0 Å². The van der Waals surface area contributed by atoms with Gasteiger partial charge in [0, 0.05) is 22.3 Å². The molecule has 0 spiro atoms. The molecule has 1 aliphatic rings. The van der Waals surface area contributed by atoms with Crippen molar-refractivity contribution in [2.75, 3.05) is 5.01 Å². The monoisotopic (exact) mass is 360 g/mol. The van der Waals surface area contributed by atoms with Crippen LogP contribution in [0.2, 0.25) is 5.02 Å². The minimum Gasteiger partial charge on any atom is -0.368 e. The summed E-state index contributed by atoms with van der Waals surface area (Å²) >= 11 is 6.11. The lowest BCUT2D eigenvalue weighted by atomic mass is 10.0. The van der Waals surface area contributed by atoms with Gasteiger partial charge in [0.15, 0.2) is 0 Å². The summed E-state index contributed by atoms with van der Waals surface area (Å²) < 4.78 is 1.44. The largest absolute Gasteiger partial charge is 0.368 e. The van der Waals surface area contributed by atoms with Gasteiger partial charge in [0.05, 0.1) is 5.69 Å². The maximum absolute atomic E-state index is 12.5. The molecular weight excluding hydrogens is 344 g/mol. The number of pyridine rings is 1. The molecule has 0 fully saturated rings. The van der Waals surface area contributed by atoms with E-state index in [9.17, 15) is 9.59 Å². The third kappa shape index (κ3) is 3.09. The fourth-order valence-corrected chi connectivity index (χ4v) is 3.29. The zero-order valence-electron chi connectivity index (χ0n) is 13.2. The van der Waals surface area contributed by atoms with Gasteiger partial charge in [-0.1, -0.05) is 11.6 Å². The molecule has 1 amide bonds. The first-order valence-corrected chi connectivity index (χ1v) is 7.92. The Morgan fingerprint density at radius 1 is 1.36 bits per heavy atom. The maximum atomic E-state index is 12.5. The van der Waals surface area contributed by atoms with E-state index < -0.39 is 11.9 Å². The molecule has 0 saturated carbocycles. The number of aryl methyl sites for hydroxylation is 1. The van der Waals surface area contributed by atoms with Gasteiger partial charge >= 0.3 is 0 Å². The summed E-state index contributed by atoms with van der Waals surface area (Å²) in [6.45, 7) is 0. The Balaban J connectivity index is 2.16. The average Bonchev–Trinajstić information content (AvgIpc) is 2.99. The molecule has 9 heteroatoms. The van der Waals surface area contributed by atoms with Crippen LogP contribution in [0.4, 0.5) is 5.69 Å². The second kappa shape index (κ2) is 6.58. The number of carbonyl (C=O) groups is 1. The first kappa shape index (κ1) is 17.0. The lowest BCUT2D eigenvalue weighted by Crippen LogP contribution is -2.32. The van der Waals surface area contributed by atoms with Crippen LogP contribution < -0.4 is 28.0 Å². The van der Waals surface area contributed by atoms with Gasteiger partial charge in [0.1, 0.15) is 12.4 Å². The van der Waals surface area contributed by atoms with E-state index in [1.165, 1.54) is 22.0 Å². The van der Waals surface area contributed by atoms with Crippen LogP contribution >= 0.6 is 11.6 Å². The van der Waals surface area contributed by atoms with Crippen LogP contribution in [-0.4, -0.2) is 16.8 Å². The van der Waals surface area contributed by atoms with Gasteiger partial charge in [-0.15, -0.1) is 0 Å². The molecule has 2 aromatic rings. The number of nitrogens with two attached hydrogens (primary N) is 3. The topological polar surface area (TPSA) is 133 Å². The second-order valence-corrected chi connectivity index (χ2v) is 6.17. The molecule has 1 aromatic heterocycles. The summed E-state index contributed by atoms with van der Waals surface area (Å²) in [5, 5.41) is 5.13. The standard InChI is InChI=1S/C16H17ClN6O2/c17-10-1-3-13(22(20)8-21-19)12(7-10)9-5-11-2-4-14(16(18)25)23(11)15(24)6-9/h1,3,5-8,14H,2,4,19-20H2,(H2,18,25)/b21-8-. The normalized spacial score (nSPS) is 16.2. The fourth-order valence-electron chi connectivity index (χ4n) is 3.12. The third-order valence-corrected chi connectivity index (χ3v) is 4.44. The highest BCUT2D eigenvalue weighted by Gasteiger charge is 2.28. The van der Waals surface area contributed by atoms with E-state index in [4.69, 9.17) is 29.0 Å². The van der Waals surface area contributed by atoms with Crippen LogP contribution in [0.3, 0.4) is 0 Å². The van der Waals surface area contributed by atoms with E-state index in [0.29, 0.717) is 34.7 Å². The van der Waals surface area contributed by atoms with Crippen LogP contribution in [0.15, 0.2) is 40.2 Å².